The van der Waals surface area contributed by atoms with Crippen molar-refractivity contribution in [3.05, 3.63) is 29.3 Å². The normalized spacial score (nSPS) is 17.1. The zero-order valence-electron chi connectivity index (χ0n) is 13.9. The number of nitrogens with one attached hydrogen (secondary N) is 1. The second kappa shape index (κ2) is 8.29. The van der Waals surface area contributed by atoms with Crippen LogP contribution in [0.5, 0.6) is 0 Å². The molecule has 1 heterocycles. The minimum absolute atomic E-state index is 0.0183. The topological polar surface area (TPSA) is 75.7 Å². The molecule has 6 nitrogen and oxygen atoms in total. The standard InChI is InChI=1S/C16H23ClN2O4S/c1-12(2)11-14(16(20)19-7-9-23-10-8-19)18-24(21,22)15-6-4-3-5-13(15)17/h3-6,12,14,18H,7-11H2,1-2H3/t14-/m0/s1. The van der Waals surface area contributed by atoms with Crippen LogP contribution < -0.4 is 4.72 Å². The third kappa shape index (κ3) is 4.92. The fourth-order valence-electron chi connectivity index (χ4n) is 2.59. The Morgan fingerprint density at radius 2 is 1.92 bits per heavy atom. The molecule has 1 saturated heterocycles. The summed E-state index contributed by atoms with van der Waals surface area (Å²) in [6.07, 6.45) is 0.417. The Morgan fingerprint density at radius 3 is 2.50 bits per heavy atom. The van der Waals surface area contributed by atoms with Crippen LogP contribution in [0.15, 0.2) is 29.2 Å². The maximum atomic E-state index is 12.7. The first-order valence-electron chi connectivity index (χ1n) is 7.94. The molecule has 24 heavy (non-hydrogen) atoms. The number of hydrogen-bond acceptors (Lipinski definition) is 4. The van der Waals surface area contributed by atoms with Crippen LogP contribution >= 0.6 is 11.6 Å². The van der Waals surface area contributed by atoms with E-state index in [0.717, 1.165) is 0 Å². The van der Waals surface area contributed by atoms with Gasteiger partial charge in [-0.05, 0) is 24.5 Å². The highest BCUT2D eigenvalue weighted by molar-refractivity contribution is 7.89. The number of morpholine rings is 1. The summed E-state index contributed by atoms with van der Waals surface area (Å²) < 4.78 is 33.1. The van der Waals surface area contributed by atoms with Crippen LogP contribution in [-0.2, 0) is 19.6 Å². The number of carbonyl (C=O) groups is 1. The highest BCUT2D eigenvalue weighted by Crippen LogP contribution is 2.21. The van der Waals surface area contributed by atoms with Crippen LogP contribution in [0.3, 0.4) is 0 Å². The molecule has 1 amide bonds. The van der Waals surface area contributed by atoms with Gasteiger partial charge in [0.2, 0.25) is 15.9 Å². The number of hydrogen-bond donors (Lipinski definition) is 1. The molecule has 1 fully saturated rings. The number of halogens is 1. The van der Waals surface area contributed by atoms with Crippen molar-refractivity contribution in [2.45, 2.75) is 31.2 Å². The second-order valence-corrected chi connectivity index (χ2v) is 8.26. The molecule has 0 unspecified atom stereocenters. The first-order chi connectivity index (χ1) is 11.3. The number of amides is 1. The van der Waals surface area contributed by atoms with E-state index < -0.39 is 16.1 Å². The van der Waals surface area contributed by atoms with Gasteiger partial charge in [-0.2, -0.15) is 4.72 Å². The number of ether oxygens (including phenoxy) is 1. The molecule has 0 bridgehead atoms. The maximum absolute atomic E-state index is 12.7. The predicted molar refractivity (Wildman–Crippen MR) is 92.4 cm³/mol. The van der Waals surface area contributed by atoms with E-state index >= 15 is 0 Å². The molecule has 1 aliphatic heterocycles. The summed E-state index contributed by atoms with van der Waals surface area (Å²) in [6.45, 7) is 5.78. The largest absolute Gasteiger partial charge is 0.378 e. The number of sulfonamides is 1. The Hall–Kier alpha value is -1.15. The van der Waals surface area contributed by atoms with Crippen molar-refractivity contribution < 1.29 is 17.9 Å². The molecule has 1 aliphatic rings. The summed E-state index contributed by atoms with van der Waals surface area (Å²) in [4.78, 5) is 14.4. The summed E-state index contributed by atoms with van der Waals surface area (Å²) in [5, 5.41) is 0.132. The Labute approximate surface area is 148 Å². The van der Waals surface area contributed by atoms with Crippen molar-refractivity contribution in [2.24, 2.45) is 5.92 Å². The molecule has 8 heteroatoms. The van der Waals surface area contributed by atoms with Crippen molar-refractivity contribution in [2.75, 3.05) is 26.3 Å². The third-order valence-corrected chi connectivity index (χ3v) is 5.72. The van der Waals surface area contributed by atoms with Gasteiger partial charge >= 0.3 is 0 Å². The van der Waals surface area contributed by atoms with Crippen molar-refractivity contribution in [1.29, 1.82) is 0 Å². The van der Waals surface area contributed by atoms with Crippen LogP contribution in [0.2, 0.25) is 5.02 Å². The monoisotopic (exact) mass is 374 g/mol. The Kier molecular flexibility index (Phi) is 6.62. The fourth-order valence-corrected chi connectivity index (χ4v) is 4.31. The average molecular weight is 375 g/mol. The highest BCUT2D eigenvalue weighted by atomic mass is 35.5. The van der Waals surface area contributed by atoms with Crippen molar-refractivity contribution >= 4 is 27.5 Å². The summed E-state index contributed by atoms with van der Waals surface area (Å²) in [5.41, 5.74) is 0. The minimum Gasteiger partial charge on any atom is -0.378 e. The zero-order valence-corrected chi connectivity index (χ0v) is 15.4. The van der Waals surface area contributed by atoms with Gasteiger partial charge in [0, 0.05) is 13.1 Å². The SMILES string of the molecule is CC(C)C[C@H](NS(=O)(=O)c1ccccc1Cl)C(=O)N1CCOCC1. The molecule has 0 aromatic heterocycles. The summed E-state index contributed by atoms with van der Waals surface area (Å²) >= 11 is 6.00. The molecule has 0 saturated carbocycles. The van der Waals surface area contributed by atoms with Gasteiger partial charge in [0.1, 0.15) is 10.9 Å². The second-order valence-electron chi connectivity index (χ2n) is 6.17. The average Bonchev–Trinajstić information content (AvgIpc) is 2.54. The fraction of sp³-hybridized carbons (Fsp3) is 0.562. The Morgan fingerprint density at radius 1 is 1.29 bits per heavy atom. The molecule has 1 N–H and O–H groups in total. The van der Waals surface area contributed by atoms with Gasteiger partial charge in [0.15, 0.2) is 0 Å². The molecule has 2 rings (SSSR count). The summed E-state index contributed by atoms with van der Waals surface area (Å²) in [6, 6.07) is 5.38. The Balaban J connectivity index is 2.21. The third-order valence-electron chi connectivity index (χ3n) is 3.75. The van der Waals surface area contributed by atoms with Gasteiger partial charge < -0.3 is 9.64 Å². The first kappa shape index (κ1) is 19.2. The van der Waals surface area contributed by atoms with E-state index in [1.807, 2.05) is 13.8 Å². The van der Waals surface area contributed by atoms with Crippen molar-refractivity contribution in [3.63, 3.8) is 0 Å². The number of nitrogens with zero attached hydrogens (tertiary/aromatic N) is 1. The van der Waals surface area contributed by atoms with Gasteiger partial charge in [0.25, 0.3) is 0 Å². The lowest BCUT2D eigenvalue weighted by atomic mass is 10.0. The van der Waals surface area contributed by atoms with E-state index in [4.69, 9.17) is 16.3 Å². The quantitative estimate of drug-likeness (QED) is 0.825. The molecule has 1 aromatic carbocycles. The molecule has 0 aliphatic carbocycles. The lowest BCUT2D eigenvalue weighted by Crippen LogP contribution is -2.52. The molecular weight excluding hydrogens is 352 g/mol. The lowest BCUT2D eigenvalue weighted by Gasteiger charge is -2.31. The first-order valence-corrected chi connectivity index (χ1v) is 9.81. The van der Waals surface area contributed by atoms with Gasteiger partial charge in [-0.3, -0.25) is 4.79 Å². The van der Waals surface area contributed by atoms with Crippen molar-refractivity contribution in [3.8, 4) is 0 Å². The van der Waals surface area contributed by atoms with E-state index in [1.54, 1.807) is 17.0 Å². The van der Waals surface area contributed by atoms with Gasteiger partial charge in [-0.1, -0.05) is 37.6 Å². The lowest BCUT2D eigenvalue weighted by molar-refractivity contribution is -0.137. The number of carbonyl (C=O) groups excluding carboxylic acids is 1. The van der Waals surface area contributed by atoms with Crippen LogP contribution in [0.1, 0.15) is 20.3 Å². The van der Waals surface area contributed by atoms with Crippen LogP contribution in [0.25, 0.3) is 0 Å². The predicted octanol–water partition coefficient (Wildman–Crippen LogP) is 1.89. The zero-order chi connectivity index (χ0) is 17.7. The molecule has 1 aromatic rings. The summed E-state index contributed by atoms with van der Waals surface area (Å²) in [7, 11) is -3.88. The van der Waals surface area contributed by atoms with E-state index in [1.165, 1.54) is 12.1 Å². The van der Waals surface area contributed by atoms with Gasteiger partial charge in [-0.15, -0.1) is 0 Å². The minimum atomic E-state index is -3.88. The van der Waals surface area contributed by atoms with Crippen LogP contribution in [0.4, 0.5) is 0 Å². The molecule has 134 valence electrons. The summed E-state index contributed by atoms with van der Waals surface area (Å²) in [5.74, 6) is -0.0587. The molecule has 0 radical (unpaired) electrons. The van der Waals surface area contributed by atoms with Gasteiger partial charge in [-0.25, -0.2) is 8.42 Å². The van der Waals surface area contributed by atoms with Crippen molar-refractivity contribution in [1.82, 2.24) is 9.62 Å². The molecule has 0 spiro atoms. The van der Waals surface area contributed by atoms with E-state index in [0.29, 0.717) is 32.7 Å². The van der Waals surface area contributed by atoms with Crippen LogP contribution in [-0.4, -0.2) is 51.6 Å². The number of rotatable bonds is 6. The maximum Gasteiger partial charge on any atom is 0.242 e. The number of benzene rings is 1. The van der Waals surface area contributed by atoms with E-state index in [9.17, 15) is 13.2 Å². The smallest absolute Gasteiger partial charge is 0.242 e. The van der Waals surface area contributed by atoms with Gasteiger partial charge in [0.05, 0.1) is 18.2 Å². The van der Waals surface area contributed by atoms with E-state index in [-0.39, 0.29) is 21.7 Å². The molecular formula is C16H23ClN2O4S. The Bertz CT molecular complexity index is 672. The molecule has 1 atom stereocenters. The van der Waals surface area contributed by atoms with Crippen LogP contribution in [0, 0.1) is 5.92 Å². The highest BCUT2D eigenvalue weighted by Gasteiger charge is 2.31. The van der Waals surface area contributed by atoms with E-state index in [2.05, 4.69) is 4.72 Å².